The van der Waals surface area contributed by atoms with E-state index in [2.05, 4.69) is 0 Å². The molecule has 136 valence electrons. The van der Waals surface area contributed by atoms with Crippen molar-refractivity contribution in [3.05, 3.63) is 29.3 Å². The van der Waals surface area contributed by atoms with Crippen LogP contribution >= 0.6 is 0 Å². The standard InChI is InChI=1S/C20H28N2O3/c1-15-5-6-16(2)18(13-15)25-14-19(23)21-11-7-17(8-12-21)20(24)22-9-3-4-10-22/h5-6,13,17H,3-4,7-12,14H2,1-2H3. The summed E-state index contributed by atoms with van der Waals surface area (Å²) in [6, 6.07) is 6.00. The second-order valence-electron chi connectivity index (χ2n) is 7.25. The number of benzene rings is 1. The minimum absolute atomic E-state index is 0.00739. The van der Waals surface area contributed by atoms with E-state index in [4.69, 9.17) is 4.74 Å². The van der Waals surface area contributed by atoms with Crippen LogP contribution in [0.1, 0.15) is 36.8 Å². The van der Waals surface area contributed by atoms with Crippen LogP contribution in [-0.4, -0.2) is 54.4 Å². The average molecular weight is 344 g/mol. The van der Waals surface area contributed by atoms with Crippen molar-refractivity contribution in [2.24, 2.45) is 5.92 Å². The highest BCUT2D eigenvalue weighted by Gasteiger charge is 2.31. The number of amides is 2. The Morgan fingerprint density at radius 2 is 1.72 bits per heavy atom. The Hall–Kier alpha value is -2.04. The Morgan fingerprint density at radius 3 is 2.40 bits per heavy atom. The number of hydrogen-bond donors (Lipinski definition) is 0. The maximum Gasteiger partial charge on any atom is 0.260 e. The molecule has 2 heterocycles. The summed E-state index contributed by atoms with van der Waals surface area (Å²) in [6.45, 7) is 7.17. The van der Waals surface area contributed by atoms with Crippen LogP contribution in [0.4, 0.5) is 0 Å². The zero-order valence-electron chi connectivity index (χ0n) is 15.3. The van der Waals surface area contributed by atoms with Gasteiger partial charge in [0.2, 0.25) is 5.91 Å². The second kappa shape index (κ2) is 7.89. The third kappa shape index (κ3) is 4.33. The lowest BCUT2D eigenvalue weighted by Gasteiger charge is -2.33. The molecule has 0 unspecified atom stereocenters. The number of rotatable bonds is 4. The highest BCUT2D eigenvalue weighted by Crippen LogP contribution is 2.23. The van der Waals surface area contributed by atoms with Crippen molar-refractivity contribution in [2.45, 2.75) is 39.5 Å². The second-order valence-corrected chi connectivity index (χ2v) is 7.25. The first-order valence-corrected chi connectivity index (χ1v) is 9.31. The fraction of sp³-hybridized carbons (Fsp3) is 0.600. The van der Waals surface area contributed by atoms with Gasteiger partial charge >= 0.3 is 0 Å². The fourth-order valence-electron chi connectivity index (χ4n) is 3.67. The van der Waals surface area contributed by atoms with Gasteiger partial charge < -0.3 is 14.5 Å². The number of piperidine rings is 1. The molecule has 1 aromatic carbocycles. The molecular formula is C20H28N2O3. The lowest BCUT2D eigenvalue weighted by Crippen LogP contribution is -2.45. The monoisotopic (exact) mass is 344 g/mol. The van der Waals surface area contributed by atoms with E-state index < -0.39 is 0 Å². The maximum atomic E-state index is 12.5. The number of aryl methyl sites for hydroxylation is 2. The van der Waals surface area contributed by atoms with Crippen LogP contribution in [0.15, 0.2) is 18.2 Å². The van der Waals surface area contributed by atoms with Crippen molar-refractivity contribution in [3.8, 4) is 5.75 Å². The molecule has 2 saturated heterocycles. The molecule has 0 saturated carbocycles. The maximum absolute atomic E-state index is 12.5. The van der Waals surface area contributed by atoms with Crippen LogP contribution in [-0.2, 0) is 9.59 Å². The molecule has 0 spiro atoms. The summed E-state index contributed by atoms with van der Waals surface area (Å²) in [5.41, 5.74) is 2.16. The zero-order valence-corrected chi connectivity index (χ0v) is 15.3. The number of ether oxygens (including phenoxy) is 1. The Morgan fingerprint density at radius 1 is 1.04 bits per heavy atom. The molecule has 25 heavy (non-hydrogen) atoms. The quantitative estimate of drug-likeness (QED) is 0.843. The summed E-state index contributed by atoms with van der Waals surface area (Å²) in [5.74, 6) is 1.15. The zero-order chi connectivity index (χ0) is 17.8. The fourth-order valence-corrected chi connectivity index (χ4v) is 3.67. The van der Waals surface area contributed by atoms with Crippen LogP contribution in [0.3, 0.4) is 0 Å². The van der Waals surface area contributed by atoms with Crippen molar-refractivity contribution in [2.75, 3.05) is 32.8 Å². The van der Waals surface area contributed by atoms with Crippen LogP contribution in [0.25, 0.3) is 0 Å². The minimum Gasteiger partial charge on any atom is -0.483 e. The van der Waals surface area contributed by atoms with E-state index in [1.807, 2.05) is 41.8 Å². The highest BCUT2D eigenvalue weighted by molar-refractivity contribution is 5.81. The molecule has 1 aromatic rings. The summed E-state index contributed by atoms with van der Waals surface area (Å²) in [4.78, 5) is 28.7. The highest BCUT2D eigenvalue weighted by atomic mass is 16.5. The summed E-state index contributed by atoms with van der Waals surface area (Å²) in [6.07, 6.45) is 3.78. The Balaban J connectivity index is 1.46. The average Bonchev–Trinajstić information content (AvgIpc) is 3.16. The molecule has 2 amide bonds. The molecule has 0 aliphatic carbocycles. The van der Waals surface area contributed by atoms with Gasteiger partial charge in [0.1, 0.15) is 5.75 Å². The molecule has 2 aliphatic rings. The van der Waals surface area contributed by atoms with Gasteiger partial charge in [-0.1, -0.05) is 12.1 Å². The van der Waals surface area contributed by atoms with Gasteiger partial charge in [0, 0.05) is 32.1 Å². The van der Waals surface area contributed by atoms with Gasteiger partial charge in [0.15, 0.2) is 6.61 Å². The number of likely N-dealkylation sites (tertiary alicyclic amines) is 2. The topological polar surface area (TPSA) is 49.9 Å². The van der Waals surface area contributed by atoms with E-state index in [1.54, 1.807) is 0 Å². The molecule has 0 N–H and O–H groups in total. The molecule has 5 nitrogen and oxygen atoms in total. The number of carbonyl (C=O) groups is 2. The van der Waals surface area contributed by atoms with Crippen molar-refractivity contribution >= 4 is 11.8 Å². The SMILES string of the molecule is Cc1ccc(C)c(OCC(=O)N2CCC(C(=O)N3CCCC3)CC2)c1. The smallest absolute Gasteiger partial charge is 0.260 e. The van der Waals surface area contributed by atoms with Gasteiger partial charge in [0.25, 0.3) is 5.91 Å². The molecule has 5 heteroatoms. The van der Waals surface area contributed by atoms with Crippen molar-refractivity contribution < 1.29 is 14.3 Å². The Labute approximate surface area is 149 Å². The van der Waals surface area contributed by atoms with Gasteiger partial charge in [-0.05, 0) is 56.7 Å². The lowest BCUT2D eigenvalue weighted by molar-refractivity contribution is -0.140. The van der Waals surface area contributed by atoms with Gasteiger partial charge in [-0.3, -0.25) is 9.59 Å². The minimum atomic E-state index is 0.00739. The summed E-state index contributed by atoms with van der Waals surface area (Å²) < 4.78 is 5.72. The summed E-state index contributed by atoms with van der Waals surface area (Å²) >= 11 is 0. The molecule has 2 aliphatic heterocycles. The molecule has 0 bridgehead atoms. The first-order chi connectivity index (χ1) is 12.0. The molecule has 0 aromatic heterocycles. The van der Waals surface area contributed by atoms with Crippen LogP contribution in [0.5, 0.6) is 5.75 Å². The molecule has 0 atom stereocenters. The summed E-state index contributed by atoms with van der Waals surface area (Å²) in [7, 11) is 0. The predicted octanol–water partition coefficient (Wildman–Crippen LogP) is 2.54. The van der Waals surface area contributed by atoms with E-state index in [9.17, 15) is 9.59 Å². The van der Waals surface area contributed by atoms with Crippen molar-refractivity contribution in [1.82, 2.24) is 9.80 Å². The summed E-state index contributed by atoms with van der Waals surface area (Å²) in [5, 5.41) is 0. The normalized spacial score (nSPS) is 18.5. The molecule has 3 rings (SSSR count). The van der Waals surface area contributed by atoms with Crippen molar-refractivity contribution in [3.63, 3.8) is 0 Å². The van der Waals surface area contributed by atoms with E-state index in [0.29, 0.717) is 13.1 Å². The van der Waals surface area contributed by atoms with Crippen molar-refractivity contribution in [1.29, 1.82) is 0 Å². The number of hydrogen-bond acceptors (Lipinski definition) is 3. The van der Waals surface area contributed by atoms with Crippen LogP contribution in [0.2, 0.25) is 0 Å². The van der Waals surface area contributed by atoms with Crippen LogP contribution < -0.4 is 4.74 Å². The lowest BCUT2D eigenvalue weighted by atomic mass is 9.95. The third-order valence-electron chi connectivity index (χ3n) is 5.31. The molecular weight excluding hydrogens is 316 g/mol. The van der Waals surface area contributed by atoms with Crippen LogP contribution in [0, 0.1) is 19.8 Å². The Kier molecular flexibility index (Phi) is 5.61. The van der Waals surface area contributed by atoms with E-state index in [-0.39, 0.29) is 24.3 Å². The molecule has 2 fully saturated rings. The first kappa shape index (κ1) is 17.8. The largest absolute Gasteiger partial charge is 0.483 e. The van der Waals surface area contributed by atoms with E-state index >= 15 is 0 Å². The Bertz CT molecular complexity index is 630. The molecule has 0 radical (unpaired) electrons. The number of nitrogens with zero attached hydrogens (tertiary/aromatic N) is 2. The van der Waals surface area contributed by atoms with Gasteiger partial charge in [-0.2, -0.15) is 0 Å². The number of carbonyl (C=O) groups excluding carboxylic acids is 2. The van der Waals surface area contributed by atoms with E-state index in [0.717, 1.165) is 55.6 Å². The van der Waals surface area contributed by atoms with Gasteiger partial charge in [-0.25, -0.2) is 0 Å². The first-order valence-electron chi connectivity index (χ1n) is 9.31. The van der Waals surface area contributed by atoms with E-state index in [1.165, 1.54) is 0 Å². The predicted molar refractivity (Wildman–Crippen MR) is 96.5 cm³/mol. The van der Waals surface area contributed by atoms with Gasteiger partial charge in [-0.15, -0.1) is 0 Å². The van der Waals surface area contributed by atoms with Gasteiger partial charge in [0.05, 0.1) is 0 Å². The third-order valence-corrected chi connectivity index (χ3v) is 5.31.